The predicted octanol–water partition coefficient (Wildman–Crippen LogP) is 2.10. The first-order chi connectivity index (χ1) is 10.1. The number of hydrogen-bond acceptors (Lipinski definition) is 3. The summed E-state index contributed by atoms with van der Waals surface area (Å²) < 4.78 is 5.35. The molecule has 116 valence electrons. The number of benzene rings is 1. The first-order valence-electron chi connectivity index (χ1n) is 7.80. The van der Waals surface area contributed by atoms with Gasteiger partial charge in [-0.15, -0.1) is 0 Å². The molecule has 4 nitrogen and oxygen atoms in total. The fourth-order valence-corrected chi connectivity index (χ4v) is 2.83. The van der Waals surface area contributed by atoms with E-state index in [1.54, 1.807) is 0 Å². The molecule has 1 aromatic carbocycles. The molecule has 2 rings (SSSR count). The molecule has 1 amide bonds. The van der Waals surface area contributed by atoms with Crippen LogP contribution in [0.3, 0.4) is 0 Å². The monoisotopic (exact) mass is 290 g/mol. The normalized spacial score (nSPS) is 17.5. The summed E-state index contributed by atoms with van der Waals surface area (Å²) in [5.41, 5.74) is 8.61. The number of aryl methyl sites for hydroxylation is 1. The first-order valence-corrected chi connectivity index (χ1v) is 7.80. The SMILES string of the molecule is CCN(Cc1ccccc1C)C(=O)C(N)C1CCOCC1. The fraction of sp³-hybridized carbons (Fsp3) is 0.588. The van der Waals surface area contributed by atoms with E-state index in [4.69, 9.17) is 10.5 Å². The van der Waals surface area contributed by atoms with Crippen LogP contribution in [0.5, 0.6) is 0 Å². The highest BCUT2D eigenvalue weighted by Gasteiger charge is 2.29. The number of hydrogen-bond donors (Lipinski definition) is 1. The molecule has 4 heteroatoms. The molecule has 1 fully saturated rings. The maximum absolute atomic E-state index is 12.6. The average molecular weight is 290 g/mol. The Kier molecular flexibility index (Phi) is 5.76. The molecule has 1 aromatic rings. The van der Waals surface area contributed by atoms with Crippen LogP contribution in [-0.4, -0.2) is 36.6 Å². The van der Waals surface area contributed by atoms with Gasteiger partial charge in [-0.25, -0.2) is 0 Å². The second-order valence-electron chi connectivity index (χ2n) is 5.75. The van der Waals surface area contributed by atoms with Gasteiger partial charge >= 0.3 is 0 Å². The zero-order valence-corrected chi connectivity index (χ0v) is 13.0. The van der Waals surface area contributed by atoms with Gasteiger partial charge in [-0.3, -0.25) is 4.79 Å². The largest absolute Gasteiger partial charge is 0.381 e. The van der Waals surface area contributed by atoms with Gasteiger partial charge in [0.05, 0.1) is 6.04 Å². The maximum Gasteiger partial charge on any atom is 0.240 e. The molecule has 1 heterocycles. The van der Waals surface area contributed by atoms with Crippen molar-refractivity contribution in [3.05, 3.63) is 35.4 Å². The highest BCUT2D eigenvalue weighted by Crippen LogP contribution is 2.20. The predicted molar refractivity (Wildman–Crippen MR) is 83.8 cm³/mol. The molecule has 1 atom stereocenters. The smallest absolute Gasteiger partial charge is 0.240 e. The van der Waals surface area contributed by atoms with Gasteiger partial charge in [-0.05, 0) is 43.7 Å². The maximum atomic E-state index is 12.6. The molecule has 0 spiro atoms. The molecule has 1 aliphatic rings. The Labute approximate surface area is 127 Å². The molecule has 1 aliphatic heterocycles. The number of rotatable bonds is 5. The molecule has 2 N–H and O–H groups in total. The third kappa shape index (κ3) is 4.05. The van der Waals surface area contributed by atoms with Crippen LogP contribution in [0.2, 0.25) is 0 Å². The van der Waals surface area contributed by atoms with Crippen LogP contribution in [0.4, 0.5) is 0 Å². The molecule has 0 aliphatic carbocycles. The number of likely N-dealkylation sites (N-methyl/N-ethyl adjacent to an activating group) is 1. The van der Waals surface area contributed by atoms with Crippen molar-refractivity contribution in [3.63, 3.8) is 0 Å². The van der Waals surface area contributed by atoms with Crippen molar-refractivity contribution in [1.29, 1.82) is 0 Å². The summed E-state index contributed by atoms with van der Waals surface area (Å²) in [6.45, 7) is 6.84. The summed E-state index contributed by atoms with van der Waals surface area (Å²) in [6.07, 6.45) is 1.77. The number of nitrogens with two attached hydrogens (primary N) is 1. The highest BCUT2D eigenvalue weighted by molar-refractivity contribution is 5.82. The summed E-state index contributed by atoms with van der Waals surface area (Å²) in [5, 5.41) is 0. The Morgan fingerprint density at radius 3 is 2.67 bits per heavy atom. The number of carbonyl (C=O) groups excluding carboxylic acids is 1. The molecule has 0 bridgehead atoms. The van der Waals surface area contributed by atoms with Gasteiger partial charge in [0.15, 0.2) is 0 Å². The van der Waals surface area contributed by atoms with Crippen molar-refractivity contribution in [2.24, 2.45) is 11.7 Å². The second-order valence-corrected chi connectivity index (χ2v) is 5.75. The Morgan fingerprint density at radius 2 is 2.05 bits per heavy atom. The van der Waals surface area contributed by atoms with Crippen LogP contribution in [0.1, 0.15) is 30.9 Å². The van der Waals surface area contributed by atoms with Gasteiger partial charge in [0.2, 0.25) is 5.91 Å². The first kappa shape index (κ1) is 16.0. The number of amides is 1. The van der Waals surface area contributed by atoms with Crippen molar-refractivity contribution in [2.75, 3.05) is 19.8 Å². The minimum atomic E-state index is -0.405. The van der Waals surface area contributed by atoms with Gasteiger partial charge in [-0.1, -0.05) is 24.3 Å². The number of carbonyl (C=O) groups is 1. The number of nitrogens with zero attached hydrogens (tertiary/aromatic N) is 1. The molecular formula is C17H26N2O2. The lowest BCUT2D eigenvalue weighted by Gasteiger charge is -2.31. The minimum Gasteiger partial charge on any atom is -0.381 e. The van der Waals surface area contributed by atoms with E-state index in [0.717, 1.165) is 26.1 Å². The Hall–Kier alpha value is -1.39. The minimum absolute atomic E-state index is 0.0626. The summed E-state index contributed by atoms with van der Waals surface area (Å²) in [7, 11) is 0. The van der Waals surface area contributed by atoms with Crippen LogP contribution >= 0.6 is 0 Å². The summed E-state index contributed by atoms with van der Waals surface area (Å²) in [4.78, 5) is 14.5. The average Bonchev–Trinajstić information content (AvgIpc) is 2.53. The van der Waals surface area contributed by atoms with E-state index in [2.05, 4.69) is 19.1 Å². The van der Waals surface area contributed by atoms with Gasteiger partial charge in [0.25, 0.3) is 0 Å². The molecule has 21 heavy (non-hydrogen) atoms. The van der Waals surface area contributed by atoms with Crippen LogP contribution < -0.4 is 5.73 Å². The molecule has 0 saturated carbocycles. The highest BCUT2D eigenvalue weighted by atomic mass is 16.5. The Bertz CT molecular complexity index is 470. The van der Waals surface area contributed by atoms with Crippen molar-refractivity contribution in [3.8, 4) is 0 Å². The number of ether oxygens (including phenoxy) is 1. The van der Waals surface area contributed by atoms with E-state index in [-0.39, 0.29) is 11.8 Å². The van der Waals surface area contributed by atoms with Gasteiger partial charge < -0.3 is 15.4 Å². The summed E-state index contributed by atoms with van der Waals surface area (Å²) in [5.74, 6) is 0.310. The molecule has 1 unspecified atom stereocenters. The Morgan fingerprint density at radius 1 is 1.38 bits per heavy atom. The molecule has 0 radical (unpaired) electrons. The van der Waals surface area contributed by atoms with Crippen molar-refractivity contribution in [2.45, 2.75) is 39.3 Å². The Balaban J connectivity index is 2.02. The lowest BCUT2D eigenvalue weighted by Crippen LogP contribution is -2.48. The van der Waals surface area contributed by atoms with Crippen LogP contribution in [0.25, 0.3) is 0 Å². The summed E-state index contributed by atoms with van der Waals surface area (Å²) in [6, 6.07) is 7.78. The topological polar surface area (TPSA) is 55.6 Å². The summed E-state index contributed by atoms with van der Waals surface area (Å²) >= 11 is 0. The van der Waals surface area contributed by atoms with Crippen molar-refractivity contribution in [1.82, 2.24) is 4.90 Å². The van der Waals surface area contributed by atoms with Crippen LogP contribution in [0.15, 0.2) is 24.3 Å². The zero-order chi connectivity index (χ0) is 15.2. The van der Waals surface area contributed by atoms with E-state index >= 15 is 0 Å². The van der Waals surface area contributed by atoms with Gasteiger partial charge in [-0.2, -0.15) is 0 Å². The quantitative estimate of drug-likeness (QED) is 0.903. The molecule has 1 saturated heterocycles. The second kappa shape index (κ2) is 7.57. The van der Waals surface area contributed by atoms with E-state index in [9.17, 15) is 4.79 Å². The zero-order valence-electron chi connectivity index (χ0n) is 13.0. The third-order valence-corrected chi connectivity index (χ3v) is 4.37. The fourth-order valence-electron chi connectivity index (χ4n) is 2.83. The van der Waals surface area contributed by atoms with E-state index in [0.29, 0.717) is 13.1 Å². The molecular weight excluding hydrogens is 264 g/mol. The van der Waals surface area contributed by atoms with Crippen LogP contribution in [-0.2, 0) is 16.1 Å². The van der Waals surface area contributed by atoms with E-state index < -0.39 is 6.04 Å². The standard InChI is InChI=1S/C17H26N2O2/c1-3-19(12-15-7-5-4-6-13(15)2)17(20)16(18)14-8-10-21-11-9-14/h4-7,14,16H,3,8-12,18H2,1-2H3. The van der Waals surface area contributed by atoms with Crippen LogP contribution in [0, 0.1) is 12.8 Å². The third-order valence-electron chi connectivity index (χ3n) is 4.37. The van der Waals surface area contributed by atoms with E-state index in [1.807, 2.05) is 24.0 Å². The van der Waals surface area contributed by atoms with Crippen molar-refractivity contribution >= 4 is 5.91 Å². The lowest BCUT2D eigenvalue weighted by molar-refractivity contribution is -0.135. The van der Waals surface area contributed by atoms with Crippen molar-refractivity contribution < 1.29 is 9.53 Å². The van der Waals surface area contributed by atoms with Gasteiger partial charge in [0, 0.05) is 26.3 Å². The lowest BCUT2D eigenvalue weighted by atomic mass is 9.91. The van der Waals surface area contributed by atoms with Gasteiger partial charge in [0.1, 0.15) is 0 Å². The van der Waals surface area contributed by atoms with E-state index in [1.165, 1.54) is 11.1 Å². The molecule has 0 aromatic heterocycles.